The van der Waals surface area contributed by atoms with Crippen LogP contribution in [0.3, 0.4) is 0 Å². The third kappa shape index (κ3) is 24.9. The van der Waals surface area contributed by atoms with Crippen LogP contribution in [-0.2, 0) is 4.79 Å². The number of hydrogen-bond acceptors (Lipinski definition) is 1. The lowest BCUT2D eigenvalue weighted by atomic mass is 10.1. The number of aliphatic carboxylic acids is 1. The first-order chi connectivity index (χ1) is 13.3. The van der Waals surface area contributed by atoms with Gasteiger partial charge in [0.25, 0.3) is 0 Å². The van der Waals surface area contributed by atoms with Crippen LogP contribution in [0.5, 0.6) is 0 Å². The largest absolute Gasteiger partial charge is 0.481 e. The summed E-state index contributed by atoms with van der Waals surface area (Å²) < 4.78 is 0. The molecule has 2 heteroatoms. The predicted octanol–water partition coefficient (Wildman–Crippen LogP) is 8.62. The monoisotopic (exact) mass is 378 g/mol. The molecule has 0 aliphatic carbocycles. The van der Waals surface area contributed by atoms with E-state index < -0.39 is 5.97 Å². The maximum absolute atomic E-state index is 10.4. The van der Waals surface area contributed by atoms with Gasteiger partial charge in [0.1, 0.15) is 0 Å². The van der Waals surface area contributed by atoms with Crippen LogP contribution < -0.4 is 0 Å². The van der Waals surface area contributed by atoms with Crippen molar-refractivity contribution in [2.75, 3.05) is 0 Å². The van der Waals surface area contributed by atoms with Crippen LogP contribution in [0.2, 0.25) is 0 Å². The van der Waals surface area contributed by atoms with Gasteiger partial charge in [-0.3, -0.25) is 4.79 Å². The highest BCUT2D eigenvalue weighted by atomic mass is 16.4. The van der Waals surface area contributed by atoms with Crippen molar-refractivity contribution in [3.63, 3.8) is 0 Å². The lowest BCUT2D eigenvalue weighted by Crippen LogP contribution is -1.93. The van der Waals surface area contributed by atoms with E-state index >= 15 is 0 Å². The van der Waals surface area contributed by atoms with E-state index in [1.165, 1.54) is 89.9 Å². The summed E-state index contributed by atoms with van der Waals surface area (Å²) in [6.07, 6.45) is 32.6. The molecule has 0 atom stereocenters. The van der Waals surface area contributed by atoms with Crippen LogP contribution in [0.25, 0.3) is 0 Å². The number of carbonyl (C=O) groups is 1. The summed E-state index contributed by atoms with van der Waals surface area (Å²) in [4.78, 5) is 10.4. The Hall–Kier alpha value is -1.05. The molecule has 0 aromatic carbocycles. The van der Waals surface area contributed by atoms with Crippen molar-refractivity contribution in [1.29, 1.82) is 0 Å². The second kappa shape index (κ2) is 23.0. The maximum atomic E-state index is 10.4. The first-order valence-electron chi connectivity index (χ1n) is 11.8. The normalized spacial score (nSPS) is 11.7. The fraction of sp³-hybridized carbons (Fsp3) is 0.800. The highest BCUT2D eigenvalue weighted by molar-refractivity contribution is 5.66. The van der Waals surface area contributed by atoms with E-state index in [1.807, 2.05) is 0 Å². The molecule has 0 spiro atoms. The molecular weight excluding hydrogens is 332 g/mol. The van der Waals surface area contributed by atoms with E-state index in [9.17, 15) is 4.79 Å². The molecule has 0 heterocycles. The number of rotatable bonds is 21. The molecule has 0 saturated heterocycles. The molecule has 0 aromatic heterocycles. The Morgan fingerprint density at radius 2 is 1.00 bits per heavy atom. The predicted molar refractivity (Wildman–Crippen MR) is 119 cm³/mol. The van der Waals surface area contributed by atoms with E-state index in [-0.39, 0.29) is 0 Å². The van der Waals surface area contributed by atoms with Crippen molar-refractivity contribution >= 4 is 5.97 Å². The Labute approximate surface area is 169 Å². The van der Waals surface area contributed by atoms with Crippen molar-refractivity contribution in [3.05, 3.63) is 24.3 Å². The summed E-state index contributed by atoms with van der Waals surface area (Å²) in [5.74, 6) is -0.667. The van der Waals surface area contributed by atoms with Gasteiger partial charge in [-0.25, -0.2) is 0 Å². The standard InChI is InChI=1S/C25H46O2/c1-2-3-4-5-6-7-8-9-10-11-12-13-14-15-16-17-18-19-20-21-22-23-24-25(26)27/h13-14,16-17H,2-12,15,18-24H2,1H3,(H,26,27). The van der Waals surface area contributed by atoms with Gasteiger partial charge in [0.15, 0.2) is 0 Å². The summed E-state index contributed by atoms with van der Waals surface area (Å²) in [5, 5.41) is 8.56. The average molecular weight is 379 g/mol. The van der Waals surface area contributed by atoms with Crippen molar-refractivity contribution in [2.24, 2.45) is 0 Å². The summed E-state index contributed by atoms with van der Waals surface area (Å²) >= 11 is 0. The Morgan fingerprint density at radius 1 is 0.593 bits per heavy atom. The average Bonchev–Trinajstić information content (AvgIpc) is 2.65. The highest BCUT2D eigenvalue weighted by Gasteiger charge is 1.95. The summed E-state index contributed by atoms with van der Waals surface area (Å²) in [7, 11) is 0. The van der Waals surface area contributed by atoms with Gasteiger partial charge in [-0.05, 0) is 38.5 Å². The number of hydrogen-bond donors (Lipinski definition) is 1. The Morgan fingerprint density at radius 3 is 1.44 bits per heavy atom. The van der Waals surface area contributed by atoms with Gasteiger partial charge in [-0.1, -0.05) is 108 Å². The SMILES string of the molecule is CCCCCCCCCCCCC=CCC=CCCCCCCCC(=O)O. The van der Waals surface area contributed by atoms with Gasteiger partial charge in [-0.2, -0.15) is 0 Å². The molecule has 0 fully saturated rings. The molecule has 1 N–H and O–H groups in total. The first-order valence-corrected chi connectivity index (χ1v) is 11.8. The molecule has 0 aliphatic rings. The minimum absolute atomic E-state index is 0.325. The third-order valence-electron chi connectivity index (χ3n) is 5.09. The lowest BCUT2D eigenvalue weighted by Gasteiger charge is -2.01. The van der Waals surface area contributed by atoms with E-state index in [1.54, 1.807) is 0 Å². The van der Waals surface area contributed by atoms with Crippen LogP contribution in [0, 0.1) is 0 Å². The zero-order valence-electron chi connectivity index (χ0n) is 18.1. The number of unbranched alkanes of at least 4 members (excludes halogenated alkanes) is 15. The summed E-state index contributed by atoms with van der Waals surface area (Å²) in [6, 6.07) is 0. The van der Waals surface area contributed by atoms with Gasteiger partial charge in [0.2, 0.25) is 0 Å². The van der Waals surface area contributed by atoms with Crippen LogP contribution >= 0.6 is 0 Å². The Balaban J connectivity index is 3.17. The second-order valence-corrected chi connectivity index (χ2v) is 7.85. The van der Waals surface area contributed by atoms with Gasteiger partial charge in [0.05, 0.1) is 0 Å². The minimum atomic E-state index is -0.667. The highest BCUT2D eigenvalue weighted by Crippen LogP contribution is 2.11. The summed E-state index contributed by atoms with van der Waals surface area (Å²) in [5.41, 5.74) is 0. The molecule has 0 radical (unpaired) electrons. The second-order valence-electron chi connectivity index (χ2n) is 7.85. The Bertz CT molecular complexity index is 357. The van der Waals surface area contributed by atoms with E-state index in [0.717, 1.165) is 25.7 Å². The van der Waals surface area contributed by atoms with E-state index in [0.29, 0.717) is 6.42 Å². The fourth-order valence-electron chi connectivity index (χ4n) is 3.33. The van der Waals surface area contributed by atoms with Crippen molar-refractivity contribution in [1.82, 2.24) is 0 Å². The van der Waals surface area contributed by atoms with Gasteiger partial charge < -0.3 is 5.11 Å². The topological polar surface area (TPSA) is 37.3 Å². The van der Waals surface area contributed by atoms with Crippen molar-refractivity contribution in [3.8, 4) is 0 Å². The van der Waals surface area contributed by atoms with E-state index in [2.05, 4.69) is 31.2 Å². The molecule has 0 bridgehead atoms. The molecule has 0 amide bonds. The Kier molecular flexibility index (Phi) is 22.1. The summed E-state index contributed by atoms with van der Waals surface area (Å²) in [6.45, 7) is 2.28. The van der Waals surface area contributed by atoms with Crippen LogP contribution in [0.1, 0.15) is 129 Å². The molecule has 0 aliphatic heterocycles. The van der Waals surface area contributed by atoms with Gasteiger partial charge in [-0.15, -0.1) is 0 Å². The lowest BCUT2D eigenvalue weighted by molar-refractivity contribution is -0.137. The zero-order valence-corrected chi connectivity index (χ0v) is 18.1. The molecule has 0 rings (SSSR count). The quantitative estimate of drug-likeness (QED) is 0.160. The number of carboxylic acids is 1. The first kappa shape index (κ1) is 26.0. The van der Waals surface area contributed by atoms with Crippen molar-refractivity contribution in [2.45, 2.75) is 129 Å². The molecular formula is C25H46O2. The van der Waals surface area contributed by atoms with Crippen LogP contribution in [0.15, 0.2) is 24.3 Å². The molecule has 0 saturated carbocycles. The molecule has 158 valence electrons. The molecule has 2 nitrogen and oxygen atoms in total. The number of carboxylic acid groups (broad SMARTS) is 1. The van der Waals surface area contributed by atoms with Crippen molar-refractivity contribution < 1.29 is 9.90 Å². The van der Waals surface area contributed by atoms with Gasteiger partial charge >= 0.3 is 5.97 Å². The minimum Gasteiger partial charge on any atom is -0.481 e. The third-order valence-corrected chi connectivity index (χ3v) is 5.09. The molecule has 27 heavy (non-hydrogen) atoms. The smallest absolute Gasteiger partial charge is 0.303 e. The van der Waals surface area contributed by atoms with E-state index in [4.69, 9.17) is 5.11 Å². The maximum Gasteiger partial charge on any atom is 0.303 e. The molecule has 0 aromatic rings. The van der Waals surface area contributed by atoms with Crippen LogP contribution in [0.4, 0.5) is 0 Å². The number of allylic oxidation sites excluding steroid dienone is 4. The fourth-order valence-corrected chi connectivity index (χ4v) is 3.33. The van der Waals surface area contributed by atoms with Crippen LogP contribution in [-0.4, -0.2) is 11.1 Å². The zero-order chi connectivity index (χ0) is 19.8. The molecule has 0 unspecified atom stereocenters. The van der Waals surface area contributed by atoms with Gasteiger partial charge in [0, 0.05) is 6.42 Å².